The van der Waals surface area contributed by atoms with Gasteiger partial charge in [-0.2, -0.15) is 5.26 Å². The largest absolute Gasteiger partial charge is 0.542 e. The molecule has 3 rings (SSSR count). The number of hydrogen-bond acceptors (Lipinski definition) is 6. The summed E-state index contributed by atoms with van der Waals surface area (Å²) < 4.78 is 17.4. The molecule has 0 aliphatic heterocycles. The molecule has 0 bridgehead atoms. The first kappa shape index (κ1) is 21.2. The van der Waals surface area contributed by atoms with E-state index in [9.17, 15) is 15.2 Å². The van der Waals surface area contributed by atoms with Crippen molar-refractivity contribution < 1.29 is 23.8 Å². The third kappa shape index (κ3) is 5.31. The number of carbonyl (C=O) groups excluding carboxylic acids is 1. The number of nitriles is 1. The van der Waals surface area contributed by atoms with E-state index in [1.807, 2.05) is 37.3 Å². The number of hydrogen-bond donors (Lipinski definition) is 0. The zero-order chi connectivity index (χ0) is 21.5. The predicted molar refractivity (Wildman–Crippen MR) is 113 cm³/mol. The highest BCUT2D eigenvalue weighted by molar-refractivity contribution is 9.10. The molecule has 7 heteroatoms. The summed E-state index contributed by atoms with van der Waals surface area (Å²) in [6.45, 7) is 2.31. The van der Waals surface area contributed by atoms with Gasteiger partial charge in [0.2, 0.25) is 0 Å². The number of halogens is 1. The summed E-state index contributed by atoms with van der Waals surface area (Å²) in [6.07, 6.45) is 1.77. The van der Waals surface area contributed by atoms with E-state index in [0.717, 1.165) is 15.6 Å². The number of carboxylic acid groups (broad SMARTS) is 1. The molecule has 6 nitrogen and oxygen atoms in total. The first-order chi connectivity index (χ1) is 14.5. The topological polar surface area (TPSA) is 95.5 Å². The summed E-state index contributed by atoms with van der Waals surface area (Å²) in [5.74, 6) is -0.310. The van der Waals surface area contributed by atoms with Crippen molar-refractivity contribution in [3.63, 3.8) is 0 Å². The molecule has 0 atom stereocenters. The van der Waals surface area contributed by atoms with Crippen LogP contribution in [-0.2, 0) is 6.61 Å². The molecule has 0 saturated heterocycles. The van der Waals surface area contributed by atoms with Crippen LogP contribution in [0.5, 0.6) is 11.5 Å². The molecule has 0 saturated carbocycles. The molecule has 152 valence electrons. The Morgan fingerprint density at radius 2 is 2.00 bits per heavy atom. The van der Waals surface area contributed by atoms with Crippen LogP contribution in [0, 0.1) is 11.3 Å². The van der Waals surface area contributed by atoms with Crippen LogP contribution < -0.4 is 14.6 Å². The van der Waals surface area contributed by atoms with Crippen LogP contribution >= 0.6 is 15.9 Å². The molecule has 0 N–H and O–H groups in total. The fourth-order valence-electron chi connectivity index (χ4n) is 2.72. The standard InChI is InChI=1S/C23H18BrNO5/c1-2-28-22-11-15(10-17(13-25)16-4-3-5-18(24)12-16)6-8-20(22)29-14-19-7-9-21(30-19)23(26)27/h3-12H,2,14H2,1H3,(H,26,27)/p-1/b17-10-. The van der Waals surface area contributed by atoms with Gasteiger partial charge < -0.3 is 23.8 Å². The fourth-order valence-corrected chi connectivity index (χ4v) is 3.12. The van der Waals surface area contributed by atoms with Gasteiger partial charge in [-0.15, -0.1) is 0 Å². The number of ether oxygens (including phenoxy) is 2. The summed E-state index contributed by atoms with van der Waals surface area (Å²) in [5, 5.41) is 20.4. The van der Waals surface area contributed by atoms with Gasteiger partial charge >= 0.3 is 0 Å². The molecule has 0 spiro atoms. The lowest BCUT2D eigenvalue weighted by molar-refractivity contribution is -0.257. The Hall–Kier alpha value is -3.50. The highest BCUT2D eigenvalue weighted by Crippen LogP contribution is 2.31. The van der Waals surface area contributed by atoms with Gasteiger partial charge in [0.05, 0.1) is 18.2 Å². The van der Waals surface area contributed by atoms with Crippen molar-refractivity contribution >= 4 is 33.5 Å². The Labute approximate surface area is 182 Å². The van der Waals surface area contributed by atoms with Gasteiger partial charge in [-0.1, -0.05) is 34.1 Å². The minimum absolute atomic E-state index is 0.0318. The van der Waals surface area contributed by atoms with E-state index in [2.05, 4.69) is 22.0 Å². The maximum atomic E-state index is 10.8. The Bertz CT molecular complexity index is 1130. The van der Waals surface area contributed by atoms with Gasteiger partial charge in [0, 0.05) is 4.47 Å². The van der Waals surface area contributed by atoms with Crippen LogP contribution in [0.4, 0.5) is 0 Å². The number of carboxylic acids is 1. The lowest BCUT2D eigenvalue weighted by Gasteiger charge is -2.12. The van der Waals surface area contributed by atoms with Crippen molar-refractivity contribution in [3.8, 4) is 17.6 Å². The van der Waals surface area contributed by atoms with Crippen molar-refractivity contribution in [2.24, 2.45) is 0 Å². The average Bonchev–Trinajstić information content (AvgIpc) is 3.21. The highest BCUT2D eigenvalue weighted by atomic mass is 79.9. The number of benzene rings is 2. The Morgan fingerprint density at radius 3 is 2.67 bits per heavy atom. The first-order valence-corrected chi connectivity index (χ1v) is 9.87. The lowest BCUT2D eigenvalue weighted by Crippen LogP contribution is -2.21. The maximum absolute atomic E-state index is 10.8. The Kier molecular flexibility index (Phi) is 6.94. The molecule has 0 aliphatic rings. The second kappa shape index (κ2) is 9.81. The molecule has 3 aromatic rings. The molecule has 30 heavy (non-hydrogen) atoms. The zero-order valence-electron chi connectivity index (χ0n) is 16.1. The van der Waals surface area contributed by atoms with Crippen molar-refractivity contribution in [2.75, 3.05) is 6.61 Å². The van der Waals surface area contributed by atoms with E-state index in [4.69, 9.17) is 13.9 Å². The molecule has 0 aliphatic carbocycles. The van der Waals surface area contributed by atoms with E-state index >= 15 is 0 Å². The van der Waals surface area contributed by atoms with Crippen molar-refractivity contribution in [3.05, 3.63) is 81.7 Å². The summed E-state index contributed by atoms with van der Waals surface area (Å²) in [7, 11) is 0. The molecule has 1 heterocycles. The summed E-state index contributed by atoms with van der Waals surface area (Å²) in [4.78, 5) is 10.8. The van der Waals surface area contributed by atoms with Crippen molar-refractivity contribution in [2.45, 2.75) is 13.5 Å². The Morgan fingerprint density at radius 1 is 1.17 bits per heavy atom. The number of aromatic carboxylic acids is 1. The number of carbonyl (C=O) groups is 1. The van der Waals surface area contributed by atoms with Gasteiger partial charge in [-0.25, -0.2) is 0 Å². The number of furan rings is 1. The molecule has 0 unspecified atom stereocenters. The molecule has 2 aromatic carbocycles. The van der Waals surface area contributed by atoms with E-state index < -0.39 is 5.97 Å². The predicted octanol–water partition coefficient (Wildman–Crippen LogP) is 4.45. The lowest BCUT2D eigenvalue weighted by atomic mass is 10.0. The molecular formula is C23H17BrNO5-. The van der Waals surface area contributed by atoms with Gasteiger partial charge in [-0.3, -0.25) is 0 Å². The van der Waals surface area contributed by atoms with E-state index in [0.29, 0.717) is 29.4 Å². The fraction of sp³-hybridized carbons (Fsp3) is 0.130. The number of nitrogens with zero attached hydrogens (tertiary/aromatic N) is 1. The van der Waals surface area contributed by atoms with Gasteiger partial charge in [0.1, 0.15) is 24.1 Å². The third-order valence-corrected chi connectivity index (χ3v) is 4.56. The van der Waals surface area contributed by atoms with Gasteiger partial charge in [-0.05, 0) is 60.5 Å². The van der Waals surface area contributed by atoms with Crippen LogP contribution in [0.15, 0.2) is 63.5 Å². The quantitative estimate of drug-likeness (QED) is 0.359. The van der Waals surface area contributed by atoms with E-state index in [1.54, 1.807) is 18.2 Å². The maximum Gasteiger partial charge on any atom is 0.161 e. The summed E-state index contributed by atoms with van der Waals surface area (Å²) in [5.41, 5.74) is 2.09. The molecule has 0 radical (unpaired) electrons. The van der Waals surface area contributed by atoms with Gasteiger partial charge in [0.15, 0.2) is 11.5 Å². The minimum Gasteiger partial charge on any atom is -0.542 e. The van der Waals surface area contributed by atoms with Crippen LogP contribution in [-0.4, -0.2) is 12.6 Å². The number of rotatable bonds is 8. The summed E-state index contributed by atoms with van der Waals surface area (Å²) in [6, 6.07) is 17.9. The van der Waals surface area contributed by atoms with Crippen LogP contribution in [0.1, 0.15) is 34.4 Å². The second-order valence-electron chi connectivity index (χ2n) is 6.16. The highest BCUT2D eigenvalue weighted by Gasteiger charge is 2.10. The molecular weight excluding hydrogens is 450 g/mol. The van der Waals surface area contributed by atoms with Crippen molar-refractivity contribution in [1.82, 2.24) is 0 Å². The minimum atomic E-state index is -1.38. The van der Waals surface area contributed by atoms with Crippen LogP contribution in [0.2, 0.25) is 0 Å². The first-order valence-electron chi connectivity index (χ1n) is 9.07. The zero-order valence-corrected chi connectivity index (χ0v) is 17.6. The SMILES string of the molecule is CCOc1cc(/C=C(/C#N)c2cccc(Br)c2)ccc1OCc1ccc(C(=O)[O-])o1. The van der Waals surface area contributed by atoms with E-state index in [-0.39, 0.29) is 12.4 Å². The van der Waals surface area contributed by atoms with Gasteiger partial charge in [0.25, 0.3) is 0 Å². The smallest absolute Gasteiger partial charge is 0.161 e. The van der Waals surface area contributed by atoms with E-state index in [1.165, 1.54) is 12.1 Å². The average molecular weight is 467 g/mol. The van der Waals surface area contributed by atoms with Crippen molar-refractivity contribution in [1.29, 1.82) is 5.26 Å². The second-order valence-corrected chi connectivity index (χ2v) is 7.08. The number of allylic oxidation sites excluding steroid dienone is 1. The molecule has 0 amide bonds. The van der Waals surface area contributed by atoms with Crippen LogP contribution in [0.25, 0.3) is 11.6 Å². The third-order valence-electron chi connectivity index (χ3n) is 4.07. The molecule has 0 fully saturated rings. The monoisotopic (exact) mass is 466 g/mol. The Balaban J connectivity index is 1.83. The summed E-state index contributed by atoms with van der Waals surface area (Å²) >= 11 is 3.42. The van der Waals surface area contributed by atoms with Crippen LogP contribution in [0.3, 0.4) is 0 Å². The normalized spacial score (nSPS) is 11.0. The molecule has 1 aromatic heterocycles.